The van der Waals surface area contributed by atoms with E-state index < -0.39 is 16.1 Å². The second-order valence-corrected chi connectivity index (χ2v) is 12.6. The Balaban J connectivity index is 0.000000272. The van der Waals surface area contributed by atoms with Gasteiger partial charge in [0.2, 0.25) is 10.0 Å². The third-order valence-corrected chi connectivity index (χ3v) is 9.52. The van der Waals surface area contributed by atoms with E-state index in [4.69, 9.17) is 5.73 Å². The van der Waals surface area contributed by atoms with Crippen LogP contribution in [0.5, 0.6) is 0 Å². The van der Waals surface area contributed by atoms with Crippen LogP contribution in [-0.2, 0) is 10.0 Å². The first-order chi connectivity index (χ1) is 18.8. The van der Waals surface area contributed by atoms with E-state index in [0.717, 1.165) is 44.3 Å². The van der Waals surface area contributed by atoms with Gasteiger partial charge in [-0.05, 0) is 63.7 Å². The summed E-state index contributed by atoms with van der Waals surface area (Å²) < 4.78 is 28.0. The zero-order valence-electron chi connectivity index (χ0n) is 23.7. The zero-order valence-corrected chi connectivity index (χ0v) is 24.5. The van der Waals surface area contributed by atoms with Crippen molar-refractivity contribution in [2.45, 2.75) is 94.4 Å². The summed E-state index contributed by atoms with van der Waals surface area (Å²) in [5.74, 6) is 0. The second-order valence-electron chi connectivity index (χ2n) is 10.9. The Morgan fingerprint density at radius 2 is 1.59 bits per heavy atom. The van der Waals surface area contributed by atoms with Crippen molar-refractivity contribution >= 4 is 20.8 Å². The molecule has 0 saturated carbocycles. The van der Waals surface area contributed by atoms with Gasteiger partial charge in [-0.2, -0.15) is 0 Å². The molecular weight excluding hydrogens is 514 g/mol. The topological polar surface area (TPSA) is 132 Å². The van der Waals surface area contributed by atoms with Crippen LogP contribution >= 0.6 is 0 Å². The maximum Gasteiger partial charge on any atom is 0.241 e. The number of piperidine rings is 2. The molecule has 0 amide bonds. The largest absolute Gasteiger partial charge is 0.390 e. The van der Waals surface area contributed by atoms with Crippen molar-refractivity contribution in [3.8, 4) is 0 Å². The maximum atomic E-state index is 12.7. The number of nitrogens with zero attached hydrogens (tertiary/aromatic N) is 3. The van der Waals surface area contributed by atoms with Crippen LogP contribution in [0.25, 0.3) is 10.8 Å². The van der Waals surface area contributed by atoms with Crippen LogP contribution in [0.2, 0.25) is 0 Å². The van der Waals surface area contributed by atoms with Crippen LogP contribution in [0.4, 0.5) is 0 Å². The van der Waals surface area contributed by atoms with E-state index in [0.29, 0.717) is 30.6 Å². The molecule has 0 bridgehead atoms. The molecule has 2 aliphatic rings. The van der Waals surface area contributed by atoms with E-state index in [1.165, 1.54) is 32.1 Å². The van der Waals surface area contributed by atoms with Gasteiger partial charge < -0.3 is 15.9 Å². The molecule has 1 aromatic carbocycles. The third kappa shape index (κ3) is 9.45. The number of nitrogens with two attached hydrogens (primary N) is 1. The van der Waals surface area contributed by atoms with Gasteiger partial charge in [0.05, 0.1) is 17.1 Å². The molecule has 2 aromatic rings. The van der Waals surface area contributed by atoms with E-state index in [1.807, 2.05) is 6.07 Å². The Morgan fingerprint density at radius 1 is 0.974 bits per heavy atom. The predicted molar refractivity (Wildman–Crippen MR) is 157 cm³/mol. The first kappa shape index (κ1) is 31.9. The molecule has 2 aliphatic heterocycles. The summed E-state index contributed by atoms with van der Waals surface area (Å²) in [6, 6.07) is 7.97. The van der Waals surface area contributed by atoms with E-state index in [-0.39, 0.29) is 17.5 Å². The average Bonchev–Trinajstić information content (AvgIpc) is 2.96. The fourth-order valence-corrected chi connectivity index (χ4v) is 7.12. The molecule has 1 aromatic heterocycles. The number of aliphatic hydroxyl groups excluding tert-OH is 2. The molecule has 4 rings (SSSR count). The van der Waals surface area contributed by atoms with Crippen molar-refractivity contribution in [2.75, 3.05) is 39.3 Å². The summed E-state index contributed by atoms with van der Waals surface area (Å²) in [6.07, 6.45) is 11.8. The predicted octanol–water partition coefficient (Wildman–Crippen LogP) is 2.71. The summed E-state index contributed by atoms with van der Waals surface area (Å²) in [5.41, 5.74) is 5.40. The fourth-order valence-electron chi connectivity index (χ4n) is 5.82. The summed E-state index contributed by atoms with van der Waals surface area (Å²) in [6.45, 7) is 8.14. The summed E-state index contributed by atoms with van der Waals surface area (Å²) in [5, 5.41) is 21.2. The van der Waals surface area contributed by atoms with Crippen molar-refractivity contribution in [3.05, 3.63) is 36.7 Å². The molecule has 9 nitrogen and oxygen atoms in total. The van der Waals surface area contributed by atoms with Gasteiger partial charge >= 0.3 is 0 Å². The first-order valence-corrected chi connectivity index (χ1v) is 16.1. The van der Waals surface area contributed by atoms with Gasteiger partial charge in [0.1, 0.15) is 0 Å². The Bertz CT molecular complexity index is 1100. The molecule has 0 spiro atoms. The Labute approximate surface area is 234 Å². The van der Waals surface area contributed by atoms with Gasteiger partial charge in [0, 0.05) is 61.4 Å². The highest BCUT2D eigenvalue weighted by molar-refractivity contribution is 7.89. The minimum atomic E-state index is -3.70. The van der Waals surface area contributed by atoms with Crippen molar-refractivity contribution in [1.29, 1.82) is 0 Å². The van der Waals surface area contributed by atoms with Crippen LogP contribution < -0.4 is 10.5 Å². The monoisotopic (exact) mass is 563 g/mol. The number of aliphatic hydroxyl groups is 2. The van der Waals surface area contributed by atoms with Crippen molar-refractivity contribution in [2.24, 2.45) is 5.73 Å². The van der Waals surface area contributed by atoms with Crippen LogP contribution in [0, 0.1) is 0 Å². The lowest BCUT2D eigenvalue weighted by atomic mass is 9.99. The molecule has 5 N–H and O–H groups in total. The zero-order chi connectivity index (χ0) is 28.3. The smallest absolute Gasteiger partial charge is 0.241 e. The van der Waals surface area contributed by atoms with Crippen LogP contribution in [-0.4, -0.2) is 97.0 Å². The number of hydrogen-bond acceptors (Lipinski definition) is 8. The van der Waals surface area contributed by atoms with Gasteiger partial charge in [-0.3, -0.25) is 14.8 Å². The highest BCUT2D eigenvalue weighted by Crippen LogP contribution is 2.23. The molecule has 2 fully saturated rings. The SMILES string of the molecule is CC[C@H]1CCCCN1C[C@@H](O)CN.CC[C@H]1CCCCN1C[C@@H](O)CNS(=O)(=O)c1cccc2cnccc12. The van der Waals surface area contributed by atoms with Crippen molar-refractivity contribution in [1.82, 2.24) is 19.5 Å². The minimum Gasteiger partial charge on any atom is -0.390 e. The van der Waals surface area contributed by atoms with Crippen LogP contribution in [0.15, 0.2) is 41.6 Å². The lowest BCUT2D eigenvalue weighted by Crippen LogP contribution is -2.46. The van der Waals surface area contributed by atoms with Gasteiger partial charge in [-0.15, -0.1) is 0 Å². The number of pyridine rings is 1. The summed E-state index contributed by atoms with van der Waals surface area (Å²) >= 11 is 0. The number of rotatable bonds is 11. The standard InChI is InChI=1S/C19H27N3O3S.C10H22N2O/c1-2-16-7-3-4-11-22(16)14-17(23)13-21-26(24,25)19-8-5-6-15-12-20-10-9-18(15)19;1-2-9-5-3-4-6-12(9)8-10(13)7-11/h5-6,8-10,12,16-17,21,23H,2-4,7,11,13-14H2,1H3;9-10,13H,2-8,11H2,1H3/t16-,17-;9-,10-/m00/s1. The molecule has 2 saturated heterocycles. The molecule has 4 atom stereocenters. The van der Waals surface area contributed by atoms with Gasteiger partial charge in [-0.25, -0.2) is 13.1 Å². The van der Waals surface area contributed by atoms with Crippen molar-refractivity contribution < 1.29 is 18.6 Å². The number of hydrogen-bond donors (Lipinski definition) is 4. The van der Waals surface area contributed by atoms with Gasteiger partial charge in [0.25, 0.3) is 0 Å². The fraction of sp³-hybridized carbons (Fsp3) is 0.690. The van der Waals surface area contributed by atoms with Gasteiger partial charge in [0.15, 0.2) is 0 Å². The highest BCUT2D eigenvalue weighted by atomic mass is 32.2. The molecule has 3 heterocycles. The Kier molecular flexibility index (Phi) is 13.0. The van der Waals surface area contributed by atoms with E-state index in [2.05, 4.69) is 33.4 Å². The quantitative estimate of drug-likeness (QED) is 0.328. The van der Waals surface area contributed by atoms with E-state index in [9.17, 15) is 18.6 Å². The number of sulfonamides is 1. The highest BCUT2D eigenvalue weighted by Gasteiger charge is 2.25. The molecule has 39 heavy (non-hydrogen) atoms. The average molecular weight is 564 g/mol. The summed E-state index contributed by atoms with van der Waals surface area (Å²) in [7, 11) is -3.70. The number of β-amino-alcohol motifs (C(OH)–C–C–N with tert-alkyl or cyclic N) is 2. The first-order valence-electron chi connectivity index (χ1n) is 14.7. The molecular formula is C29H49N5O4S. The molecule has 0 unspecified atom stereocenters. The maximum absolute atomic E-state index is 12.7. The molecule has 0 aliphatic carbocycles. The van der Waals surface area contributed by atoms with E-state index in [1.54, 1.807) is 30.6 Å². The number of benzene rings is 1. The minimum absolute atomic E-state index is 0.0107. The Hall–Kier alpha value is -1.66. The number of fused-ring (bicyclic) bond motifs is 1. The molecule has 0 radical (unpaired) electrons. The second kappa shape index (κ2) is 16.0. The number of aromatic nitrogens is 1. The lowest BCUT2D eigenvalue weighted by molar-refractivity contribution is 0.0683. The van der Waals surface area contributed by atoms with Crippen molar-refractivity contribution in [3.63, 3.8) is 0 Å². The van der Waals surface area contributed by atoms with Crippen LogP contribution in [0.1, 0.15) is 65.2 Å². The molecule has 10 heteroatoms. The van der Waals surface area contributed by atoms with Gasteiger partial charge in [-0.1, -0.05) is 38.8 Å². The Morgan fingerprint density at radius 3 is 2.18 bits per heavy atom. The van der Waals surface area contributed by atoms with E-state index >= 15 is 0 Å². The lowest BCUT2D eigenvalue weighted by Gasteiger charge is -2.36. The number of nitrogens with one attached hydrogen (secondary N) is 1. The normalized spacial score (nSPS) is 22.7. The molecule has 220 valence electrons. The number of likely N-dealkylation sites (tertiary alicyclic amines) is 2. The van der Waals surface area contributed by atoms with Crippen LogP contribution in [0.3, 0.4) is 0 Å². The third-order valence-electron chi connectivity index (χ3n) is 8.04. The summed E-state index contributed by atoms with van der Waals surface area (Å²) in [4.78, 5) is 8.92.